The molecule has 1 aromatic heterocycles. The first-order valence-electron chi connectivity index (χ1n) is 3.51. The van der Waals surface area contributed by atoms with E-state index in [4.69, 9.17) is 11.1 Å². The normalized spacial score (nSPS) is 10.5. The molecule has 1 rings (SSSR count). The monoisotopic (exact) mass is 152 g/mol. The molecule has 60 valence electrons. The van der Waals surface area contributed by atoms with Gasteiger partial charge in [-0.15, -0.1) is 0 Å². The third-order valence-corrected chi connectivity index (χ3v) is 1.44. The summed E-state index contributed by atoms with van der Waals surface area (Å²) in [6, 6.07) is 1.99. The molecule has 0 aliphatic carbocycles. The molecule has 0 aliphatic heterocycles. The molecule has 3 N–H and O–H groups in total. The maximum absolute atomic E-state index is 7.20. The fourth-order valence-corrected chi connectivity index (χ4v) is 0.939. The van der Waals surface area contributed by atoms with E-state index in [9.17, 15) is 0 Å². The molecule has 0 unspecified atom stereocenters. The van der Waals surface area contributed by atoms with E-state index in [1.54, 1.807) is 16.9 Å². The van der Waals surface area contributed by atoms with Crippen molar-refractivity contribution in [2.75, 3.05) is 0 Å². The van der Waals surface area contributed by atoms with Crippen molar-refractivity contribution in [3.63, 3.8) is 0 Å². The van der Waals surface area contributed by atoms with Crippen LogP contribution in [0.4, 0.5) is 0 Å². The molecule has 1 heterocycles. The van der Waals surface area contributed by atoms with Gasteiger partial charge in [0.05, 0.1) is 0 Å². The molecule has 0 amide bonds. The molecular weight excluding hydrogens is 140 g/mol. The fourth-order valence-electron chi connectivity index (χ4n) is 0.939. The summed E-state index contributed by atoms with van der Waals surface area (Å²) in [5.41, 5.74) is 6.00. The highest BCUT2D eigenvalue weighted by Gasteiger charge is 2.06. The van der Waals surface area contributed by atoms with Gasteiger partial charge in [-0.2, -0.15) is 5.10 Å². The summed E-state index contributed by atoms with van der Waals surface area (Å²) >= 11 is 0. The van der Waals surface area contributed by atoms with Gasteiger partial charge in [0.1, 0.15) is 11.5 Å². The lowest BCUT2D eigenvalue weighted by molar-refractivity contribution is 0.528. The van der Waals surface area contributed by atoms with E-state index < -0.39 is 0 Å². The Morgan fingerprint density at radius 1 is 1.73 bits per heavy atom. The molecule has 0 atom stereocenters. The lowest BCUT2D eigenvalue weighted by atomic mass is 10.3. The Morgan fingerprint density at radius 3 is 2.73 bits per heavy atom. The minimum Gasteiger partial charge on any atom is -0.382 e. The largest absolute Gasteiger partial charge is 0.382 e. The molecule has 0 spiro atoms. The third-order valence-electron chi connectivity index (χ3n) is 1.44. The average Bonchev–Trinajstić information content (AvgIpc) is 2.32. The van der Waals surface area contributed by atoms with Crippen LogP contribution in [0, 0.1) is 5.41 Å². The SMILES string of the molecule is CC(C)n1nccc1C(=N)N. The Bertz CT molecular complexity index is 261. The Morgan fingerprint density at radius 2 is 2.36 bits per heavy atom. The van der Waals surface area contributed by atoms with Crippen molar-refractivity contribution in [3.8, 4) is 0 Å². The molecule has 1 aromatic rings. The summed E-state index contributed by atoms with van der Waals surface area (Å²) in [5, 5.41) is 11.2. The lowest BCUT2D eigenvalue weighted by Crippen LogP contribution is -2.18. The molecule has 0 saturated heterocycles. The third kappa shape index (κ3) is 1.39. The van der Waals surface area contributed by atoms with Crippen LogP contribution < -0.4 is 5.73 Å². The first-order valence-corrected chi connectivity index (χ1v) is 3.51. The lowest BCUT2D eigenvalue weighted by Gasteiger charge is -2.08. The van der Waals surface area contributed by atoms with Gasteiger partial charge in [0.2, 0.25) is 0 Å². The van der Waals surface area contributed by atoms with Gasteiger partial charge in [0, 0.05) is 12.2 Å². The zero-order valence-corrected chi connectivity index (χ0v) is 6.70. The van der Waals surface area contributed by atoms with Gasteiger partial charge in [-0.25, -0.2) is 0 Å². The number of nitrogens with two attached hydrogens (primary N) is 1. The summed E-state index contributed by atoms with van der Waals surface area (Å²) in [7, 11) is 0. The number of nitrogens with one attached hydrogen (secondary N) is 1. The van der Waals surface area contributed by atoms with Crippen LogP contribution in [-0.2, 0) is 0 Å². The second kappa shape index (κ2) is 2.74. The molecule has 0 fully saturated rings. The van der Waals surface area contributed by atoms with E-state index in [2.05, 4.69) is 5.10 Å². The number of aromatic nitrogens is 2. The van der Waals surface area contributed by atoms with Crippen molar-refractivity contribution in [1.82, 2.24) is 9.78 Å². The molecular formula is C7H12N4. The van der Waals surface area contributed by atoms with Crippen LogP contribution in [0.1, 0.15) is 25.6 Å². The molecule has 11 heavy (non-hydrogen) atoms. The van der Waals surface area contributed by atoms with Crippen LogP contribution in [0.2, 0.25) is 0 Å². The average molecular weight is 152 g/mol. The standard InChI is InChI=1S/C7H12N4/c1-5(2)11-6(7(8)9)3-4-10-11/h3-5H,1-2H3,(H3,8,9). The van der Waals surface area contributed by atoms with Gasteiger partial charge in [-0.3, -0.25) is 10.1 Å². The van der Waals surface area contributed by atoms with Gasteiger partial charge < -0.3 is 5.73 Å². The predicted octanol–water partition coefficient (Wildman–Crippen LogP) is 0.748. The van der Waals surface area contributed by atoms with E-state index in [1.165, 1.54) is 0 Å². The van der Waals surface area contributed by atoms with Gasteiger partial charge in [-0.05, 0) is 19.9 Å². The Balaban J connectivity index is 3.06. The van der Waals surface area contributed by atoms with Crippen LogP contribution in [0.15, 0.2) is 12.3 Å². The van der Waals surface area contributed by atoms with E-state index in [0.29, 0.717) is 5.69 Å². The zero-order chi connectivity index (χ0) is 8.43. The van der Waals surface area contributed by atoms with Crippen LogP contribution >= 0.6 is 0 Å². The molecule has 0 saturated carbocycles. The van der Waals surface area contributed by atoms with Crippen LogP contribution in [0.5, 0.6) is 0 Å². The molecule has 0 aliphatic rings. The molecule has 0 aromatic carbocycles. The second-order valence-electron chi connectivity index (χ2n) is 2.67. The quantitative estimate of drug-likeness (QED) is 0.485. The van der Waals surface area contributed by atoms with Gasteiger partial charge in [-0.1, -0.05) is 0 Å². The van der Waals surface area contributed by atoms with Crippen molar-refractivity contribution in [2.45, 2.75) is 19.9 Å². The highest BCUT2D eigenvalue weighted by Crippen LogP contribution is 2.06. The molecule has 4 nitrogen and oxygen atoms in total. The summed E-state index contributed by atoms with van der Waals surface area (Å²) in [5.74, 6) is 0.0659. The summed E-state index contributed by atoms with van der Waals surface area (Å²) in [6.45, 7) is 4.00. The Hall–Kier alpha value is -1.32. The topological polar surface area (TPSA) is 67.7 Å². The first kappa shape index (κ1) is 7.78. The number of hydrogen-bond donors (Lipinski definition) is 2. The highest BCUT2D eigenvalue weighted by molar-refractivity contribution is 5.93. The minimum absolute atomic E-state index is 0.0659. The minimum atomic E-state index is 0.0659. The van der Waals surface area contributed by atoms with Crippen molar-refractivity contribution < 1.29 is 0 Å². The van der Waals surface area contributed by atoms with E-state index in [0.717, 1.165) is 0 Å². The number of amidine groups is 1. The highest BCUT2D eigenvalue weighted by atomic mass is 15.3. The maximum Gasteiger partial charge on any atom is 0.141 e. The van der Waals surface area contributed by atoms with Crippen molar-refractivity contribution in [2.24, 2.45) is 5.73 Å². The van der Waals surface area contributed by atoms with Gasteiger partial charge >= 0.3 is 0 Å². The van der Waals surface area contributed by atoms with Crippen LogP contribution in [0.25, 0.3) is 0 Å². The van der Waals surface area contributed by atoms with Gasteiger partial charge in [0.15, 0.2) is 0 Å². The van der Waals surface area contributed by atoms with E-state index >= 15 is 0 Å². The first-order chi connectivity index (χ1) is 5.13. The number of nitrogens with zero attached hydrogens (tertiary/aromatic N) is 2. The fraction of sp³-hybridized carbons (Fsp3) is 0.429. The Kier molecular flexibility index (Phi) is 1.94. The number of nitrogen functional groups attached to an aromatic ring is 1. The second-order valence-corrected chi connectivity index (χ2v) is 2.67. The van der Waals surface area contributed by atoms with Gasteiger partial charge in [0.25, 0.3) is 0 Å². The van der Waals surface area contributed by atoms with Crippen LogP contribution in [-0.4, -0.2) is 15.6 Å². The van der Waals surface area contributed by atoms with Crippen molar-refractivity contribution >= 4 is 5.84 Å². The molecule has 0 bridgehead atoms. The maximum atomic E-state index is 7.20. The Labute approximate surface area is 65.5 Å². The predicted molar refractivity (Wildman–Crippen MR) is 43.6 cm³/mol. The van der Waals surface area contributed by atoms with E-state index in [-0.39, 0.29) is 11.9 Å². The molecule has 0 radical (unpaired) electrons. The summed E-state index contributed by atoms with van der Waals surface area (Å²) in [4.78, 5) is 0. The smallest absolute Gasteiger partial charge is 0.141 e. The van der Waals surface area contributed by atoms with Crippen molar-refractivity contribution in [1.29, 1.82) is 5.41 Å². The number of rotatable bonds is 2. The zero-order valence-electron chi connectivity index (χ0n) is 6.70. The van der Waals surface area contributed by atoms with Crippen molar-refractivity contribution in [3.05, 3.63) is 18.0 Å². The van der Waals surface area contributed by atoms with Crippen LogP contribution in [0.3, 0.4) is 0 Å². The molecule has 4 heteroatoms. The summed E-state index contributed by atoms with van der Waals surface area (Å²) in [6.07, 6.45) is 1.65. The number of hydrogen-bond acceptors (Lipinski definition) is 2. The summed E-state index contributed by atoms with van der Waals surface area (Å²) < 4.78 is 1.72. The van der Waals surface area contributed by atoms with E-state index in [1.807, 2.05) is 13.8 Å².